The van der Waals surface area contributed by atoms with Gasteiger partial charge in [0.25, 0.3) is 5.91 Å². The lowest BCUT2D eigenvalue weighted by Gasteiger charge is -2.02. The van der Waals surface area contributed by atoms with E-state index in [9.17, 15) is 4.79 Å². The third-order valence-electron chi connectivity index (χ3n) is 3.68. The summed E-state index contributed by atoms with van der Waals surface area (Å²) in [6.45, 7) is 0. The third kappa shape index (κ3) is 4.29. The van der Waals surface area contributed by atoms with Gasteiger partial charge in [0.2, 0.25) is 0 Å². The van der Waals surface area contributed by atoms with Crippen molar-refractivity contribution in [3.8, 4) is 22.5 Å². The number of hydrogen-bond acceptors (Lipinski definition) is 5. The average Bonchev–Trinajstić information content (AvgIpc) is 3.37. The Morgan fingerprint density at radius 3 is 2.79 bits per heavy atom. The maximum Gasteiger partial charge on any atom is 0.277 e. The molecular weight excluding hydrogens is 394 g/mol. The van der Waals surface area contributed by atoms with E-state index in [2.05, 4.69) is 27.3 Å². The average molecular weight is 406 g/mol. The molecule has 4 rings (SSSR count). The second-order valence-electron chi connectivity index (χ2n) is 5.68. The number of carbonyl (C=O) groups excluding carboxylic acids is 1. The molecule has 5 nitrogen and oxygen atoms in total. The molecule has 0 spiro atoms. The maximum atomic E-state index is 12.5. The van der Waals surface area contributed by atoms with Crippen molar-refractivity contribution in [3.63, 3.8) is 0 Å². The van der Waals surface area contributed by atoms with Gasteiger partial charge in [0.1, 0.15) is 5.69 Å². The van der Waals surface area contributed by atoms with Crippen molar-refractivity contribution >= 4 is 34.5 Å². The van der Waals surface area contributed by atoms with Crippen molar-refractivity contribution in [1.82, 2.24) is 10.1 Å². The summed E-state index contributed by atoms with van der Waals surface area (Å²) < 4.78 is 5.89. The van der Waals surface area contributed by atoms with Crippen molar-refractivity contribution in [2.45, 2.75) is 0 Å². The highest BCUT2D eigenvalue weighted by Crippen LogP contribution is 2.31. The van der Waals surface area contributed by atoms with Crippen LogP contribution in [0.25, 0.3) is 10.6 Å². The SMILES string of the molecule is O=C(Nc1cccc(C#Cc2ccccn2)c1)c1cc(-c2ccc(Cl)s2)on1. The lowest BCUT2D eigenvalue weighted by molar-refractivity contribution is 0.101. The molecule has 136 valence electrons. The summed E-state index contributed by atoms with van der Waals surface area (Å²) in [6, 6.07) is 18.0. The molecule has 1 aromatic carbocycles. The van der Waals surface area contributed by atoms with Crippen molar-refractivity contribution in [2.75, 3.05) is 5.32 Å². The second-order valence-corrected chi connectivity index (χ2v) is 7.40. The van der Waals surface area contributed by atoms with Gasteiger partial charge in [-0.2, -0.15) is 0 Å². The molecule has 3 aromatic heterocycles. The lowest BCUT2D eigenvalue weighted by atomic mass is 10.2. The molecule has 0 aliphatic heterocycles. The number of anilines is 1. The normalized spacial score (nSPS) is 10.2. The molecule has 0 bridgehead atoms. The standard InChI is InChI=1S/C21H12ClN3O2S/c22-20-10-9-19(28-20)18-13-17(25-27-18)21(26)24-16-6-3-4-14(12-16)7-8-15-5-1-2-11-23-15/h1-6,9-13H,(H,24,26). The first kappa shape index (κ1) is 18.0. The molecule has 28 heavy (non-hydrogen) atoms. The van der Waals surface area contributed by atoms with Gasteiger partial charge in [-0.3, -0.25) is 4.79 Å². The van der Waals surface area contributed by atoms with Gasteiger partial charge in [-0.15, -0.1) is 11.3 Å². The summed E-state index contributed by atoms with van der Waals surface area (Å²) in [5.74, 6) is 6.15. The second kappa shape index (κ2) is 8.09. The van der Waals surface area contributed by atoms with Crippen LogP contribution in [0.1, 0.15) is 21.7 Å². The van der Waals surface area contributed by atoms with Crippen LogP contribution in [0.3, 0.4) is 0 Å². The van der Waals surface area contributed by atoms with Crippen molar-refractivity contribution in [2.24, 2.45) is 0 Å². The van der Waals surface area contributed by atoms with E-state index >= 15 is 0 Å². The van der Waals surface area contributed by atoms with Gasteiger partial charge in [-0.05, 0) is 48.4 Å². The molecule has 0 aliphatic carbocycles. The van der Waals surface area contributed by atoms with Crippen LogP contribution in [0.4, 0.5) is 5.69 Å². The first-order chi connectivity index (χ1) is 13.7. The maximum absolute atomic E-state index is 12.5. The zero-order valence-corrected chi connectivity index (χ0v) is 15.9. The predicted molar refractivity (Wildman–Crippen MR) is 109 cm³/mol. The van der Waals surface area contributed by atoms with Gasteiger partial charge in [0.15, 0.2) is 11.5 Å². The number of hydrogen-bond donors (Lipinski definition) is 1. The zero-order chi connectivity index (χ0) is 19.3. The fraction of sp³-hybridized carbons (Fsp3) is 0. The van der Waals surface area contributed by atoms with Gasteiger partial charge < -0.3 is 9.84 Å². The number of benzene rings is 1. The van der Waals surface area contributed by atoms with Gasteiger partial charge >= 0.3 is 0 Å². The highest BCUT2D eigenvalue weighted by Gasteiger charge is 2.15. The number of aromatic nitrogens is 2. The highest BCUT2D eigenvalue weighted by atomic mass is 35.5. The van der Waals surface area contributed by atoms with Crippen LogP contribution < -0.4 is 5.32 Å². The smallest absolute Gasteiger partial charge is 0.277 e. The summed E-state index contributed by atoms with van der Waals surface area (Å²) in [7, 11) is 0. The summed E-state index contributed by atoms with van der Waals surface area (Å²) in [5, 5.41) is 6.64. The number of pyridine rings is 1. The Labute approximate surface area is 170 Å². The zero-order valence-electron chi connectivity index (χ0n) is 14.3. The number of rotatable bonds is 3. The molecule has 1 N–H and O–H groups in total. The molecule has 0 unspecified atom stereocenters. The first-order valence-corrected chi connectivity index (χ1v) is 9.44. The Bertz CT molecular complexity index is 1190. The number of halogens is 1. The molecule has 7 heteroatoms. The number of nitrogens with zero attached hydrogens (tertiary/aromatic N) is 2. The fourth-order valence-electron chi connectivity index (χ4n) is 2.39. The highest BCUT2D eigenvalue weighted by molar-refractivity contribution is 7.19. The molecule has 4 aromatic rings. The van der Waals surface area contributed by atoms with E-state index in [1.54, 1.807) is 30.5 Å². The summed E-state index contributed by atoms with van der Waals surface area (Å²) in [5.41, 5.74) is 2.24. The minimum Gasteiger partial charge on any atom is -0.355 e. The minimum absolute atomic E-state index is 0.185. The minimum atomic E-state index is -0.368. The Hall–Kier alpha value is -3.40. The van der Waals surface area contributed by atoms with Gasteiger partial charge in [-0.25, -0.2) is 4.98 Å². The van der Waals surface area contributed by atoms with Gasteiger partial charge in [0.05, 0.1) is 9.21 Å². The number of amides is 1. The molecule has 0 saturated carbocycles. The molecule has 1 amide bonds. The molecule has 0 aliphatic rings. The van der Waals surface area contributed by atoms with E-state index in [-0.39, 0.29) is 11.6 Å². The van der Waals surface area contributed by atoms with Crippen LogP contribution in [0, 0.1) is 11.8 Å². The Morgan fingerprint density at radius 2 is 2.00 bits per heavy atom. The topological polar surface area (TPSA) is 68.0 Å². The monoisotopic (exact) mass is 405 g/mol. The van der Waals surface area contributed by atoms with Gasteiger partial charge in [-0.1, -0.05) is 34.8 Å². The number of carbonyl (C=O) groups is 1. The van der Waals surface area contributed by atoms with E-state index in [0.717, 1.165) is 10.4 Å². The molecule has 0 radical (unpaired) electrons. The third-order valence-corrected chi connectivity index (χ3v) is 4.92. The van der Waals surface area contributed by atoms with E-state index < -0.39 is 0 Å². The summed E-state index contributed by atoms with van der Waals surface area (Å²) >= 11 is 7.28. The Kier molecular flexibility index (Phi) is 5.20. The van der Waals surface area contributed by atoms with Crippen LogP contribution in [0.2, 0.25) is 4.34 Å². The number of thiophene rings is 1. The fourth-order valence-corrected chi connectivity index (χ4v) is 3.38. The Morgan fingerprint density at radius 1 is 1.07 bits per heavy atom. The molecule has 0 atom stereocenters. The first-order valence-electron chi connectivity index (χ1n) is 8.24. The van der Waals surface area contributed by atoms with Crippen LogP contribution in [-0.4, -0.2) is 16.0 Å². The molecule has 0 saturated heterocycles. The largest absolute Gasteiger partial charge is 0.355 e. The van der Waals surface area contributed by atoms with Crippen molar-refractivity contribution < 1.29 is 9.32 Å². The van der Waals surface area contributed by atoms with Crippen molar-refractivity contribution in [3.05, 3.63) is 88.1 Å². The molecular formula is C21H12ClN3O2S. The number of nitrogens with one attached hydrogen (secondary N) is 1. The lowest BCUT2D eigenvalue weighted by Crippen LogP contribution is -2.12. The van der Waals surface area contributed by atoms with E-state index in [1.165, 1.54) is 11.3 Å². The van der Waals surface area contributed by atoms with E-state index in [1.807, 2.05) is 36.4 Å². The predicted octanol–water partition coefficient (Wildman–Crippen LogP) is 5.10. The van der Waals surface area contributed by atoms with E-state index in [4.69, 9.17) is 16.1 Å². The quantitative estimate of drug-likeness (QED) is 0.481. The van der Waals surface area contributed by atoms with E-state index in [0.29, 0.717) is 21.5 Å². The summed E-state index contributed by atoms with van der Waals surface area (Å²) in [6.07, 6.45) is 1.69. The van der Waals surface area contributed by atoms with Crippen LogP contribution >= 0.6 is 22.9 Å². The Balaban J connectivity index is 1.48. The van der Waals surface area contributed by atoms with Crippen LogP contribution in [0.5, 0.6) is 0 Å². The van der Waals surface area contributed by atoms with Crippen LogP contribution in [-0.2, 0) is 0 Å². The molecule has 3 heterocycles. The summed E-state index contributed by atoms with van der Waals surface area (Å²) in [4.78, 5) is 17.4. The van der Waals surface area contributed by atoms with Crippen molar-refractivity contribution in [1.29, 1.82) is 0 Å². The molecule has 0 fully saturated rings. The van der Waals surface area contributed by atoms with Gasteiger partial charge in [0, 0.05) is 23.5 Å². The van der Waals surface area contributed by atoms with Crippen LogP contribution in [0.15, 0.2) is 71.4 Å².